The van der Waals surface area contributed by atoms with Crippen molar-refractivity contribution in [2.24, 2.45) is 5.73 Å². The van der Waals surface area contributed by atoms with Gasteiger partial charge in [-0.15, -0.1) is 0 Å². The van der Waals surface area contributed by atoms with Crippen molar-refractivity contribution in [3.8, 4) is 0 Å². The molecule has 4 atom stereocenters. The molecule has 4 nitrogen and oxygen atoms in total. The Bertz CT molecular complexity index is 270. The molecule has 1 heterocycles. The number of hydrogen-bond acceptors (Lipinski definition) is 4. The molecule has 0 aromatic heterocycles. The van der Waals surface area contributed by atoms with Crippen molar-refractivity contribution in [3.05, 3.63) is 0 Å². The second-order valence-electron chi connectivity index (χ2n) is 6.24. The molecule has 0 saturated carbocycles. The molecule has 0 aliphatic carbocycles. The molecule has 1 saturated heterocycles. The van der Waals surface area contributed by atoms with Crippen molar-refractivity contribution in [1.29, 1.82) is 0 Å². The molecule has 1 aliphatic heterocycles. The van der Waals surface area contributed by atoms with E-state index in [-0.39, 0.29) is 23.8 Å². The number of rotatable bonds is 3. The van der Waals surface area contributed by atoms with Gasteiger partial charge in [-0.25, -0.2) is 0 Å². The van der Waals surface area contributed by atoms with Crippen molar-refractivity contribution in [2.45, 2.75) is 63.2 Å². The van der Waals surface area contributed by atoms with Gasteiger partial charge in [-0.3, -0.25) is 0 Å². The van der Waals surface area contributed by atoms with Gasteiger partial charge in [0.25, 0.3) is 0 Å². The van der Waals surface area contributed by atoms with E-state index >= 15 is 0 Å². The average molecular weight is 257 g/mol. The van der Waals surface area contributed by atoms with Gasteiger partial charge in [-0.1, -0.05) is 20.8 Å². The van der Waals surface area contributed by atoms with Crippen molar-refractivity contribution in [1.82, 2.24) is 0 Å². The topological polar surface area (TPSA) is 64.7 Å². The molecule has 3 N–H and O–H groups in total. The predicted octanol–water partition coefficient (Wildman–Crippen LogP) is 0.590. The van der Waals surface area contributed by atoms with E-state index < -0.39 is 20.4 Å². The Labute approximate surface area is 106 Å². The third kappa shape index (κ3) is 3.12. The number of ether oxygens (including phenoxy) is 1. The van der Waals surface area contributed by atoms with Gasteiger partial charge in [0.2, 0.25) is 0 Å². The summed E-state index contributed by atoms with van der Waals surface area (Å²) in [6.07, 6.45) is -0.743. The normalized spacial score (nSPS) is 35.2. The highest BCUT2D eigenvalue weighted by Crippen LogP contribution is 2.39. The van der Waals surface area contributed by atoms with Gasteiger partial charge in [-0.05, 0) is 18.1 Å². The monoisotopic (exact) mass is 257 g/mol. The van der Waals surface area contributed by atoms with Crippen LogP contribution < -0.4 is 5.73 Å². The first-order valence-corrected chi connectivity index (χ1v) is 8.96. The first-order chi connectivity index (χ1) is 7.60. The molecular weight excluding hydrogens is 233 g/mol. The first kappa shape index (κ1) is 15.2. The Balaban J connectivity index is 2.75. The van der Waals surface area contributed by atoms with Crippen LogP contribution in [0.15, 0.2) is 0 Å². The molecular formula is C11H24BNO3Si. The molecule has 1 aliphatic rings. The zero-order valence-electron chi connectivity index (χ0n) is 11.4. The maximum atomic E-state index is 9.13. The highest BCUT2D eigenvalue weighted by atomic mass is 28.4. The van der Waals surface area contributed by atoms with Crippen molar-refractivity contribution < 1.29 is 14.3 Å². The van der Waals surface area contributed by atoms with Crippen LogP contribution in [0.1, 0.15) is 20.8 Å². The van der Waals surface area contributed by atoms with E-state index in [4.69, 9.17) is 27.8 Å². The largest absolute Gasteiger partial charge is 0.410 e. The van der Waals surface area contributed by atoms with E-state index in [2.05, 4.69) is 33.9 Å². The van der Waals surface area contributed by atoms with Gasteiger partial charge in [-0.2, -0.15) is 0 Å². The van der Waals surface area contributed by atoms with Crippen LogP contribution >= 0.6 is 0 Å². The van der Waals surface area contributed by atoms with Gasteiger partial charge in [0.05, 0.1) is 24.9 Å². The predicted molar refractivity (Wildman–Crippen MR) is 71.5 cm³/mol. The van der Waals surface area contributed by atoms with Crippen molar-refractivity contribution >= 4 is 16.2 Å². The van der Waals surface area contributed by atoms with Gasteiger partial charge in [0.15, 0.2) is 8.32 Å². The third-order valence-electron chi connectivity index (χ3n) is 3.88. The van der Waals surface area contributed by atoms with Crippen LogP contribution in [0.3, 0.4) is 0 Å². The van der Waals surface area contributed by atoms with Gasteiger partial charge >= 0.3 is 0 Å². The highest BCUT2D eigenvalue weighted by Gasteiger charge is 2.46. The summed E-state index contributed by atoms with van der Waals surface area (Å²) in [5, 5.41) is 9.23. The molecule has 1 fully saturated rings. The standard InChI is InChI=1S/C11H24BNO3Si/c1-11(2,3)17(4,5)16-9-8(13)7(6-14)15-10(9)12/h7-10,14H,6,13H2,1-5H3/t7-,8?,9+,10-/m1/s1. The van der Waals surface area contributed by atoms with Crippen LogP contribution in [0.2, 0.25) is 18.1 Å². The molecule has 0 spiro atoms. The summed E-state index contributed by atoms with van der Waals surface area (Å²) < 4.78 is 11.6. The summed E-state index contributed by atoms with van der Waals surface area (Å²) in [6, 6.07) is -0.902. The first-order valence-electron chi connectivity index (χ1n) is 6.05. The van der Waals surface area contributed by atoms with E-state index in [0.717, 1.165) is 0 Å². The number of aliphatic hydroxyl groups is 1. The molecule has 98 valence electrons. The van der Waals surface area contributed by atoms with E-state index in [1.165, 1.54) is 0 Å². The lowest BCUT2D eigenvalue weighted by atomic mass is 9.92. The lowest BCUT2D eigenvalue weighted by Gasteiger charge is -2.40. The molecule has 2 radical (unpaired) electrons. The van der Waals surface area contributed by atoms with Crippen LogP contribution in [-0.2, 0) is 9.16 Å². The second-order valence-corrected chi connectivity index (χ2v) is 11.0. The number of aliphatic hydroxyl groups excluding tert-OH is 1. The zero-order chi connectivity index (χ0) is 13.4. The van der Waals surface area contributed by atoms with Crippen LogP contribution in [-0.4, -0.2) is 52.1 Å². The SMILES string of the molecule is [B][C@@H]1O[C@H](CO)C(N)[C@@H]1O[Si](C)(C)C(C)(C)C. The quantitative estimate of drug-likeness (QED) is 0.726. The summed E-state index contributed by atoms with van der Waals surface area (Å²) in [5.41, 5.74) is 6.01. The Morgan fingerprint density at radius 3 is 2.29 bits per heavy atom. The van der Waals surface area contributed by atoms with E-state index in [0.29, 0.717) is 0 Å². The number of nitrogens with two attached hydrogens (primary N) is 1. The fourth-order valence-electron chi connectivity index (χ4n) is 1.63. The lowest BCUT2D eigenvalue weighted by molar-refractivity contribution is 0.0301. The van der Waals surface area contributed by atoms with E-state index in [1.807, 2.05) is 0 Å². The maximum absolute atomic E-state index is 9.13. The lowest BCUT2D eigenvalue weighted by Crippen LogP contribution is -2.52. The molecule has 17 heavy (non-hydrogen) atoms. The average Bonchev–Trinajstić information content (AvgIpc) is 2.43. The fourth-order valence-corrected chi connectivity index (χ4v) is 2.95. The molecule has 0 aromatic carbocycles. The van der Waals surface area contributed by atoms with Crippen LogP contribution in [0, 0.1) is 0 Å². The second kappa shape index (κ2) is 5.01. The molecule has 0 aromatic rings. The summed E-state index contributed by atoms with van der Waals surface area (Å²) in [5.74, 6) is 0. The Morgan fingerprint density at radius 2 is 1.94 bits per heavy atom. The molecule has 1 rings (SSSR count). The van der Waals surface area contributed by atoms with Gasteiger partial charge < -0.3 is 20.0 Å². The van der Waals surface area contributed by atoms with Crippen LogP contribution in [0.25, 0.3) is 0 Å². The molecule has 0 amide bonds. The minimum absolute atomic E-state index is 0.101. The summed E-state index contributed by atoms with van der Waals surface area (Å²) in [4.78, 5) is 0. The van der Waals surface area contributed by atoms with Gasteiger partial charge in [0, 0.05) is 6.00 Å². The minimum atomic E-state index is -1.92. The smallest absolute Gasteiger partial charge is 0.192 e. The Hall–Kier alpha value is 0.122. The summed E-state index contributed by atoms with van der Waals surface area (Å²) in [6.45, 7) is 10.7. The zero-order valence-corrected chi connectivity index (χ0v) is 12.4. The fraction of sp³-hybridized carbons (Fsp3) is 1.00. The van der Waals surface area contributed by atoms with E-state index in [9.17, 15) is 0 Å². The molecule has 0 bridgehead atoms. The number of hydrogen-bond donors (Lipinski definition) is 2. The Kier molecular flexibility index (Phi) is 4.48. The van der Waals surface area contributed by atoms with Gasteiger partial charge in [0.1, 0.15) is 7.85 Å². The maximum Gasteiger partial charge on any atom is 0.192 e. The van der Waals surface area contributed by atoms with Crippen LogP contribution in [0.4, 0.5) is 0 Å². The molecule has 1 unspecified atom stereocenters. The van der Waals surface area contributed by atoms with Crippen molar-refractivity contribution in [2.75, 3.05) is 6.61 Å². The van der Waals surface area contributed by atoms with Crippen molar-refractivity contribution in [3.63, 3.8) is 0 Å². The van der Waals surface area contributed by atoms with E-state index in [1.54, 1.807) is 0 Å². The van der Waals surface area contributed by atoms with Crippen LogP contribution in [0.5, 0.6) is 0 Å². The minimum Gasteiger partial charge on any atom is -0.410 e. The summed E-state index contributed by atoms with van der Waals surface area (Å²) in [7, 11) is 3.95. The third-order valence-corrected chi connectivity index (χ3v) is 8.36. The molecule has 6 heteroatoms. The summed E-state index contributed by atoms with van der Waals surface area (Å²) >= 11 is 0. The Morgan fingerprint density at radius 1 is 1.41 bits per heavy atom. The highest BCUT2D eigenvalue weighted by molar-refractivity contribution is 6.74.